The fourth-order valence-corrected chi connectivity index (χ4v) is 2.11. The van der Waals surface area contributed by atoms with Crippen LogP contribution in [0, 0.1) is 0 Å². The van der Waals surface area contributed by atoms with E-state index in [2.05, 4.69) is 10.3 Å². The van der Waals surface area contributed by atoms with Gasteiger partial charge in [0.1, 0.15) is 18.2 Å². The van der Waals surface area contributed by atoms with E-state index in [9.17, 15) is 22.8 Å². The van der Waals surface area contributed by atoms with Crippen molar-refractivity contribution in [2.45, 2.75) is 25.2 Å². The molecule has 8 nitrogen and oxygen atoms in total. The number of carbonyl (C=O) groups excluding carboxylic acids is 1. The topological polar surface area (TPSA) is 105 Å². The Labute approximate surface area is 140 Å². The molecule has 1 amide bonds. The lowest BCUT2D eigenvalue weighted by Crippen LogP contribution is -2.37. The van der Waals surface area contributed by atoms with Crippen LogP contribution < -0.4 is 16.3 Å². The number of nitrogens with zero attached hydrogens (tertiary/aromatic N) is 2. The number of amides is 1. The van der Waals surface area contributed by atoms with Gasteiger partial charge in [0.05, 0.1) is 0 Å². The van der Waals surface area contributed by atoms with Crippen molar-refractivity contribution in [2.24, 2.45) is 0 Å². The molecule has 138 valence electrons. The molecule has 0 aliphatic carbocycles. The van der Waals surface area contributed by atoms with Gasteiger partial charge in [-0.25, -0.2) is 4.79 Å². The summed E-state index contributed by atoms with van der Waals surface area (Å²) < 4.78 is 42.6. The zero-order valence-corrected chi connectivity index (χ0v) is 13.0. The maximum atomic E-state index is 12.0. The molecule has 2 rings (SSSR count). The van der Waals surface area contributed by atoms with Crippen LogP contribution in [0.25, 0.3) is 0 Å². The number of aliphatic hydroxyl groups excluding tert-OH is 1. The maximum absolute atomic E-state index is 12.0. The highest BCUT2D eigenvalue weighted by Crippen LogP contribution is 2.24. The quantitative estimate of drug-likeness (QED) is 0.611. The molecule has 0 saturated heterocycles. The fraction of sp³-hybridized carbons (Fsp3) is 0.500. The van der Waals surface area contributed by atoms with Gasteiger partial charge in [-0.05, 0) is 18.6 Å². The molecule has 2 heterocycles. The number of carbonyl (C=O) groups is 1. The predicted octanol–water partition coefficient (Wildman–Crippen LogP) is 0.519. The van der Waals surface area contributed by atoms with E-state index in [1.807, 2.05) is 0 Å². The van der Waals surface area contributed by atoms with Crippen LogP contribution in [0.2, 0.25) is 0 Å². The number of aromatic nitrogens is 2. The summed E-state index contributed by atoms with van der Waals surface area (Å²) in [6.45, 7) is -0.179. The Kier molecular flexibility index (Phi) is 6.02. The predicted molar refractivity (Wildman–Crippen MR) is 80.6 cm³/mol. The van der Waals surface area contributed by atoms with Crippen LogP contribution in [0.3, 0.4) is 0 Å². The zero-order chi connectivity index (χ0) is 18.4. The molecular weight excluding hydrogens is 345 g/mol. The average Bonchev–Trinajstić information content (AvgIpc) is 3.02. The van der Waals surface area contributed by atoms with Crippen molar-refractivity contribution in [1.29, 1.82) is 0 Å². The summed E-state index contributed by atoms with van der Waals surface area (Å²) in [6, 6.07) is 1.52. The normalized spacial score (nSPS) is 17.0. The van der Waals surface area contributed by atoms with E-state index in [1.165, 1.54) is 16.8 Å². The second-order valence-corrected chi connectivity index (χ2v) is 5.17. The van der Waals surface area contributed by atoms with Gasteiger partial charge in [0.2, 0.25) is 0 Å². The molecule has 3 N–H and O–H groups in total. The monoisotopic (exact) mass is 362 g/mol. The van der Waals surface area contributed by atoms with Crippen molar-refractivity contribution in [1.82, 2.24) is 14.9 Å². The number of ether oxygens (including phenoxy) is 1. The van der Waals surface area contributed by atoms with Crippen molar-refractivity contribution in [3.63, 3.8) is 0 Å². The van der Waals surface area contributed by atoms with E-state index in [0.29, 0.717) is 12.2 Å². The second kappa shape index (κ2) is 8.01. The Hall–Kier alpha value is -2.56. The lowest BCUT2D eigenvalue weighted by atomic mass is 10.3. The van der Waals surface area contributed by atoms with Gasteiger partial charge in [0.15, 0.2) is 6.23 Å². The number of rotatable bonds is 7. The Morgan fingerprint density at radius 3 is 2.80 bits per heavy atom. The van der Waals surface area contributed by atoms with E-state index in [4.69, 9.17) is 9.84 Å². The van der Waals surface area contributed by atoms with E-state index < -0.39 is 24.0 Å². The molecule has 1 aromatic heterocycles. The third-order valence-electron chi connectivity index (χ3n) is 3.33. The maximum Gasteiger partial charge on any atom is 0.471 e. The van der Waals surface area contributed by atoms with Crippen LogP contribution in [-0.2, 0) is 9.53 Å². The first kappa shape index (κ1) is 18.8. The first-order valence-corrected chi connectivity index (χ1v) is 7.46. The summed E-state index contributed by atoms with van der Waals surface area (Å²) in [4.78, 5) is 26.4. The molecule has 0 saturated carbocycles. The van der Waals surface area contributed by atoms with E-state index in [-0.39, 0.29) is 31.9 Å². The highest BCUT2D eigenvalue weighted by atomic mass is 19.4. The largest absolute Gasteiger partial charge is 0.472 e. The SMILES string of the molecule is O=C(NCCCNc1ccn(C2CC=C(CO)O2)c(=O)n1)C(F)(F)F. The first-order valence-electron chi connectivity index (χ1n) is 7.46. The molecule has 0 aromatic carbocycles. The highest BCUT2D eigenvalue weighted by Gasteiger charge is 2.38. The number of hydrogen-bond acceptors (Lipinski definition) is 6. The van der Waals surface area contributed by atoms with Gasteiger partial charge >= 0.3 is 17.8 Å². The summed E-state index contributed by atoms with van der Waals surface area (Å²) in [5.41, 5.74) is -0.562. The molecule has 0 radical (unpaired) electrons. The van der Waals surface area contributed by atoms with Crippen LogP contribution in [0.1, 0.15) is 19.1 Å². The minimum atomic E-state index is -4.90. The van der Waals surface area contributed by atoms with E-state index in [1.54, 1.807) is 11.4 Å². The summed E-state index contributed by atoms with van der Waals surface area (Å²) in [5, 5.41) is 13.5. The number of halogens is 3. The Bertz CT molecular complexity index is 702. The zero-order valence-electron chi connectivity index (χ0n) is 13.0. The number of aliphatic hydroxyl groups is 1. The third-order valence-corrected chi connectivity index (χ3v) is 3.33. The summed E-state index contributed by atoms with van der Waals surface area (Å²) in [5.74, 6) is -1.34. The number of nitrogens with one attached hydrogen (secondary N) is 2. The number of hydrogen-bond donors (Lipinski definition) is 3. The number of anilines is 1. The summed E-state index contributed by atoms with van der Waals surface area (Å²) >= 11 is 0. The third kappa shape index (κ3) is 5.21. The van der Waals surface area contributed by atoms with Crippen molar-refractivity contribution in [3.8, 4) is 0 Å². The standard InChI is InChI=1S/C14H17F3N4O4/c15-14(16,17)12(23)19-6-1-5-18-10-4-7-21(13(24)20-10)11-3-2-9(8-22)25-11/h2,4,7,11,22H,1,3,5-6,8H2,(H,19,23)(H,18,20,24). The minimum Gasteiger partial charge on any atom is -0.472 e. The van der Waals surface area contributed by atoms with Crippen molar-refractivity contribution < 1.29 is 27.8 Å². The van der Waals surface area contributed by atoms with Crippen molar-refractivity contribution in [3.05, 3.63) is 34.6 Å². The molecule has 1 unspecified atom stereocenters. The van der Waals surface area contributed by atoms with Crippen LogP contribution in [0.4, 0.5) is 19.0 Å². The summed E-state index contributed by atoms with van der Waals surface area (Å²) in [6.07, 6.45) is -1.65. The lowest BCUT2D eigenvalue weighted by Gasteiger charge is -2.15. The van der Waals surface area contributed by atoms with E-state index >= 15 is 0 Å². The molecule has 0 bridgehead atoms. The molecule has 0 spiro atoms. The van der Waals surface area contributed by atoms with Gasteiger partial charge < -0.3 is 20.5 Å². The van der Waals surface area contributed by atoms with Crippen LogP contribution >= 0.6 is 0 Å². The second-order valence-electron chi connectivity index (χ2n) is 5.17. The van der Waals surface area contributed by atoms with E-state index in [0.717, 1.165) is 0 Å². The van der Waals surface area contributed by atoms with Crippen LogP contribution in [0.15, 0.2) is 28.9 Å². The molecule has 1 aliphatic rings. The van der Waals surface area contributed by atoms with Gasteiger partial charge in [-0.2, -0.15) is 18.2 Å². The van der Waals surface area contributed by atoms with Gasteiger partial charge in [0.25, 0.3) is 0 Å². The van der Waals surface area contributed by atoms with Gasteiger partial charge in [-0.15, -0.1) is 0 Å². The lowest BCUT2D eigenvalue weighted by molar-refractivity contribution is -0.173. The molecule has 25 heavy (non-hydrogen) atoms. The number of alkyl halides is 3. The Balaban J connectivity index is 1.78. The Morgan fingerprint density at radius 2 is 2.20 bits per heavy atom. The van der Waals surface area contributed by atoms with Crippen LogP contribution in [0.5, 0.6) is 0 Å². The molecule has 1 atom stereocenters. The smallest absolute Gasteiger partial charge is 0.471 e. The minimum absolute atomic E-state index is 0.159. The van der Waals surface area contributed by atoms with Gasteiger partial charge in [0, 0.05) is 25.7 Å². The summed E-state index contributed by atoms with van der Waals surface area (Å²) in [7, 11) is 0. The fourth-order valence-electron chi connectivity index (χ4n) is 2.11. The molecule has 0 fully saturated rings. The van der Waals surface area contributed by atoms with Crippen molar-refractivity contribution in [2.75, 3.05) is 25.0 Å². The molecule has 11 heteroatoms. The molecular formula is C14H17F3N4O4. The van der Waals surface area contributed by atoms with Crippen LogP contribution in [-0.4, -0.2) is 46.4 Å². The molecule has 1 aromatic rings. The average molecular weight is 362 g/mol. The van der Waals surface area contributed by atoms with Crippen molar-refractivity contribution >= 4 is 11.7 Å². The molecule has 1 aliphatic heterocycles. The highest BCUT2D eigenvalue weighted by molar-refractivity contribution is 5.81. The van der Waals surface area contributed by atoms with Gasteiger partial charge in [-0.3, -0.25) is 9.36 Å². The van der Waals surface area contributed by atoms with Gasteiger partial charge in [-0.1, -0.05) is 0 Å². The Morgan fingerprint density at radius 1 is 1.44 bits per heavy atom. The first-order chi connectivity index (χ1) is 11.8.